The summed E-state index contributed by atoms with van der Waals surface area (Å²) >= 11 is 0. The van der Waals surface area contributed by atoms with Crippen molar-refractivity contribution in [3.8, 4) is 0 Å². The van der Waals surface area contributed by atoms with Crippen LogP contribution in [0.25, 0.3) is 12.2 Å². The predicted molar refractivity (Wildman–Crippen MR) is 167 cm³/mol. The minimum atomic E-state index is -3.08. The van der Waals surface area contributed by atoms with E-state index in [0.717, 1.165) is 67.9 Å². The molecule has 39 heavy (non-hydrogen) atoms. The van der Waals surface area contributed by atoms with Gasteiger partial charge in [-0.3, -0.25) is 0 Å². The highest BCUT2D eigenvalue weighted by Crippen LogP contribution is 2.48. The molecule has 0 spiro atoms. The molecule has 0 saturated carbocycles. The SMILES string of the molecule is CN1c2cc3c(cc2[P+](=O)c2ccccc2N(C)c2cc4c(cc2P(C)(=O)c2ccccc21)CC=C4)CC=C3. The Kier molecular flexibility index (Phi) is 5.56. The van der Waals surface area contributed by atoms with Crippen molar-refractivity contribution in [1.29, 1.82) is 0 Å². The molecule has 192 valence electrons. The molecule has 0 bridgehead atoms. The lowest BCUT2D eigenvalue weighted by atomic mass is 10.1. The molecule has 0 N–H and O–H groups in total. The number of nitrogens with zero attached hydrogens (tertiary/aromatic N) is 2. The van der Waals surface area contributed by atoms with E-state index in [2.05, 4.69) is 58.4 Å². The first kappa shape index (κ1) is 24.3. The molecule has 1 aliphatic heterocycles. The van der Waals surface area contributed by atoms with Crippen molar-refractivity contribution >= 4 is 71.1 Å². The van der Waals surface area contributed by atoms with Gasteiger partial charge in [0.15, 0.2) is 0 Å². The third-order valence-corrected chi connectivity index (χ3v) is 12.5. The fourth-order valence-corrected chi connectivity index (χ4v) is 10.1. The van der Waals surface area contributed by atoms with Crippen molar-refractivity contribution in [1.82, 2.24) is 0 Å². The smallest absolute Gasteiger partial charge is 0.340 e. The van der Waals surface area contributed by atoms with Crippen LogP contribution in [-0.4, -0.2) is 20.8 Å². The van der Waals surface area contributed by atoms with Gasteiger partial charge in [0.2, 0.25) is 10.6 Å². The molecule has 3 aliphatic rings. The Morgan fingerprint density at radius 1 is 0.667 bits per heavy atom. The van der Waals surface area contributed by atoms with Crippen LogP contribution in [0.4, 0.5) is 22.7 Å². The summed E-state index contributed by atoms with van der Waals surface area (Å²) in [7, 11) is -1.000. The molecular formula is C33H29N2O2P2+. The molecule has 0 fully saturated rings. The average molecular weight is 548 g/mol. The van der Waals surface area contributed by atoms with Gasteiger partial charge in [-0.2, -0.15) is 0 Å². The minimum absolute atomic E-state index is 0.775. The highest BCUT2D eigenvalue weighted by atomic mass is 31.2. The second-order valence-electron chi connectivity index (χ2n) is 10.6. The normalized spacial score (nSPS) is 19.8. The van der Waals surface area contributed by atoms with Crippen molar-refractivity contribution in [3.63, 3.8) is 0 Å². The lowest BCUT2D eigenvalue weighted by Gasteiger charge is -2.30. The Bertz CT molecular complexity index is 1820. The lowest BCUT2D eigenvalue weighted by Crippen LogP contribution is -2.31. The van der Waals surface area contributed by atoms with E-state index >= 15 is 4.57 Å². The van der Waals surface area contributed by atoms with Gasteiger partial charge in [-0.1, -0.05) is 53.1 Å². The number of rotatable bonds is 0. The van der Waals surface area contributed by atoms with Crippen LogP contribution >= 0.6 is 14.9 Å². The monoisotopic (exact) mass is 547 g/mol. The molecule has 0 amide bonds. The van der Waals surface area contributed by atoms with Crippen LogP contribution in [0, 0.1) is 0 Å². The number of anilines is 4. The molecule has 1 heterocycles. The molecule has 0 aromatic heterocycles. The van der Waals surface area contributed by atoms with Gasteiger partial charge in [-0.15, -0.1) is 0 Å². The molecule has 7 rings (SSSR count). The van der Waals surface area contributed by atoms with Gasteiger partial charge < -0.3 is 14.4 Å². The van der Waals surface area contributed by atoms with E-state index in [1.165, 1.54) is 11.1 Å². The van der Waals surface area contributed by atoms with E-state index in [4.69, 9.17) is 0 Å². The molecule has 2 aliphatic carbocycles. The summed E-state index contributed by atoms with van der Waals surface area (Å²) in [6.45, 7) is 1.89. The number of hydrogen-bond donors (Lipinski definition) is 0. The number of benzene rings is 4. The molecule has 4 aromatic rings. The van der Waals surface area contributed by atoms with E-state index in [1.807, 2.05) is 69.3 Å². The van der Waals surface area contributed by atoms with Gasteiger partial charge in [0.1, 0.15) is 7.14 Å². The topological polar surface area (TPSA) is 40.6 Å². The maximum atomic E-state index is 15.1. The molecule has 0 saturated heterocycles. The standard InChI is InChI=1S/C33H29N2O2P2/c1-34-26-14-4-6-16-30(26)38(36)31-20-24-12-8-10-22(24)18-28(31)35(2)27-15-5-7-17-32(27)39(3,37)33-21-25-13-9-11-23(25)19-29(33)34/h4-11,14-21H,12-13H2,1-3H3/q+1. The van der Waals surface area contributed by atoms with Crippen LogP contribution in [0.15, 0.2) is 84.9 Å². The Labute approximate surface area is 230 Å². The molecule has 4 aromatic carbocycles. The number of para-hydroxylation sites is 2. The molecule has 6 heteroatoms. The van der Waals surface area contributed by atoms with Gasteiger partial charge in [0.25, 0.3) is 0 Å². The molecule has 2 atom stereocenters. The van der Waals surface area contributed by atoms with Crippen LogP contribution in [0.3, 0.4) is 0 Å². The molecule has 4 nitrogen and oxygen atoms in total. The van der Waals surface area contributed by atoms with E-state index in [9.17, 15) is 4.57 Å². The highest BCUT2D eigenvalue weighted by molar-refractivity contribution is 7.78. The fourth-order valence-electron chi connectivity index (χ4n) is 6.15. The van der Waals surface area contributed by atoms with E-state index in [0.29, 0.717) is 0 Å². The van der Waals surface area contributed by atoms with Gasteiger partial charge in [0.05, 0.1) is 22.7 Å². The van der Waals surface area contributed by atoms with Crippen molar-refractivity contribution < 1.29 is 9.13 Å². The zero-order chi connectivity index (χ0) is 26.9. The number of hydrogen-bond acceptors (Lipinski definition) is 4. The fraction of sp³-hybridized carbons (Fsp3) is 0.152. The third kappa shape index (κ3) is 3.70. The van der Waals surface area contributed by atoms with Crippen LogP contribution in [0.5, 0.6) is 0 Å². The summed E-state index contributed by atoms with van der Waals surface area (Å²) in [4.78, 5) is 4.17. The van der Waals surface area contributed by atoms with Crippen molar-refractivity contribution in [2.24, 2.45) is 0 Å². The van der Waals surface area contributed by atoms with Gasteiger partial charge in [-0.05, 0) is 90.3 Å². The maximum absolute atomic E-state index is 15.1. The van der Waals surface area contributed by atoms with Gasteiger partial charge >= 0.3 is 7.80 Å². The lowest BCUT2D eigenvalue weighted by molar-refractivity contribution is 0.590. The average Bonchev–Trinajstić information content (AvgIpc) is 3.63. The quantitative estimate of drug-likeness (QED) is 0.239. The van der Waals surface area contributed by atoms with Crippen molar-refractivity contribution in [2.45, 2.75) is 12.8 Å². The van der Waals surface area contributed by atoms with E-state index in [1.54, 1.807) is 0 Å². The summed E-state index contributed by atoms with van der Waals surface area (Å²) < 4.78 is 29.7. The van der Waals surface area contributed by atoms with Crippen LogP contribution in [0.2, 0.25) is 0 Å². The summed E-state index contributed by atoms with van der Waals surface area (Å²) in [5.74, 6) is 0. The Morgan fingerprint density at radius 2 is 1.26 bits per heavy atom. The summed E-state index contributed by atoms with van der Waals surface area (Å²) in [6.07, 6.45) is 10.3. The van der Waals surface area contributed by atoms with E-state index in [-0.39, 0.29) is 0 Å². The summed E-state index contributed by atoms with van der Waals surface area (Å²) in [5.41, 5.74) is 8.17. The van der Waals surface area contributed by atoms with Crippen molar-refractivity contribution in [3.05, 3.63) is 107 Å². The first-order valence-corrected chi connectivity index (χ1v) is 16.6. The maximum Gasteiger partial charge on any atom is 0.419 e. The second kappa shape index (κ2) is 8.91. The van der Waals surface area contributed by atoms with Crippen molar-refractivity contribution in [2.75, 3.05) is 30.6 Å². The molecular weight excluding hydrogens is 518 g/mol. The van der Waals surface area contributed by atoms with Crippen LogP contribution < -0.4 is 31.0 Å². The zero-order valence-corrected chi connectivity index (χ0v) is 24.0. The predicted octanol–water partition coefficient (Wildman–Crippen LogP) is 6.40. The highest BCUT2D eigenvalue weighted by Gasteiger charge is 2.38. The summed E-state index contributed by atoms with van der Waals surface area (Å²) in [5, 5.41) is 3.21. The largest absolute Gasteiger partial charge is 0.419 e. The van der Waals surface area contributed by atoms with Gasteiger partial charge in [-0.25, -0.2) is 0 Å². The third-order valence-electron chi connectivity index (χ3n) is 8.31. The van der Waals surface area contributed by atoms with Crippen LogP contribution in [-0.2, 0) is 22.0 Å². The second-order valence-corrected chi connectivity index (χ2v) is 15.0. The Balaban J connectivity index is 1.59. The van der Waals surface area contributed by atoms with Gasteiger partial charge in [0, 0.05) is 24.7 Å². The minimum Gasteiger partial charge on any atom is -0.340 e. The molecule has 2 unspecified atom stereocenters. The van der Waals surface area contributed by atoms with Crippen LogP contribution in [0.1, 0.15) is 22.3 Å². The molecule has 0 radical (unpaired) electrons. The number of allylic oxidation sites excluding steroid dienone is 2. The Morgan fingerprint density at radius 3 is 2.00 bits per heavy atom. The van der Waals surface area contributed by atoms with E-state index < -0.39 is 14.9 Å². The number of fused-ring (bicyclic) bond motifs is 6. The first-order valence-electron chi connectivity index (χ1n) is 13.2. The first-order chi connectivity index (χ1) is 18.8. The Hall–Kier alpha value is -3.71. The summed E-state index contributed by atoms with van der Waals surface area (Å²) in [6, 6.07) is 24.5. The zero-order valence-electron chi connectivity index (χ0n) is 22.3.